The van der Waals surface area contributed by atoms with Crippen LogP contribution in [-0.2, 0) is 4.79 Å². The van der Waals surface area contributed by atoms with Crippen LogP contribution >= 0.6 is 11.6 Å². The third-order valence-corrected chi connectivity index (χ3v) is 4.53. The van der Waals surface area contributed by atoms with Crippen molar-refractivity contribution in [1.29, 1.82) is 0 Å². The summed E-state index contributed by atoms with van der Waals surface area (Å²) in [6, 6.07) is 20.4. The first-order chi connectivity index (χ1) is 14.4. The SMILES string of the molecule is CC(=O)c1cccc(NC(=O)CNc2ccccc2NC(=O)c2ccc(Cl)cc2)c1. The van der Waals surface area contributed by atoms with Gasteiger partial charge in [0, 0.05) is 21.8 Å². The van der Waals surface area contributed by atoms with Crippen LogP contribution in [0.3, 0.4) is 0 Å². The van der Waals surface area contributed by atoms with Crippen molar-refractivity contribution in [2.24, 2.45) is 0 Å². The molecule has 3 rings (SSSR count). The number of amides is 2. The summed E-state index contributed by atoms with van der Waals surface area (Å²) in [5.74, 6) is -0.643. The zero-order valence-electron chi connectivity index (χ0n) is 16.2. The molecule has 0 atom stereocenters. The number of halogens is 1. The summed E-state index contributed by atoms with van der Waals surface area (Å²) in [6.07, 6.45) is 0. The number of rotatable bonds is 7. The molecule has 0 aliphatic rings. The van der Waals surface area contributed by atoms with Crippen LogP contribution in [0.2, 0.25) is 5.02 Å². The first-order valence-corrected chi connectivity index (χ1v) is 9.61. The fourth-order valence-corrected chi connectivity index (χ4v) is 2.86. The number of hydrogen-bond donors (Lipinski definition) is 3. The number of ketones is 1. The van der Waals surface area contributed by atoms with Crippen LogP contribution in [0.5, 0.6) is 0 Å². The lowest BCUT2D eigenvalue weighted by atomic mass is 10.1. The highest BCUT2D eigenvalue weighted by molar-refractivity contribution is 6.30. The largest absolute Gasteiger partial charge is 0.374 e. The van der Waals surface area contributed by atoms with E-state index in [-0.39, 0.29) is 24.1 Å². The number of para-hydroxylation sites is 2. The maximum absolute atomic E-state index is 12.5. The smallest absolute Gasteiger partial charge is 0.255 e. The lowest BCUT2D eigenvalue weighted by molar-refractivity contribution is -0.114. The highest BCUT2D eigenvalue weighted by atomic mass is 35.5. The van der Waals surface area contributed by atoms with E-state index in [0.29, 0.717) is 33.2 Å². The van der Waals surface area contributed by atoms with Crippen LogP contribution in [0, 0.1) is 0 Å². The third-order valence-electron chi connectivity index (χ3n) is 4.27. The van der Waals surface area contributed by atoms with Crippen molar-refractivity contribution in [2.75, 3.05) is 22.5 Å². The molecule has 0 aliphatic heterocycles. The van der Waals surface area contributed by atoms with E-state index in [1.165, 1.54) is 6.92 Å². The van der Waals surface area contributed by atoms with Gasteiger partial charge < -0.3 is 16.0 Å². The van der Waals surface area contributed by atoms with Crippen molar-refractivity contribution < 1.29 is 14.4 Å². The molecule has 0 saturated carbocycles. The minimum Gasteiger partial charge on any atom is -0.374 e. The van der Waals surface area contributed by atoms with Crippen molar-refractivity contribution >= 4 is 46.3 Å². The zero-order valence-corrected chi connectivity index (χ0v) is 17.0. The standard InChI is InChI=1S/C23H20ClN3O3/c1-15(28)17-5-4-6-19(13-17)26-22(29)14-25-20-7-2-3-8-21(20)27-23(30)16-9-11-18(24)12-10-16/h2-13,25H,14H2,1H3,(H,26,29)(H,27,30). The Labute approximate surface area is 179 Å². The number of nitrogens with one attached hydrogen (secondary N) is 3. The maximum atomic E-state index is 12.5. The summed E-state index contributed by atoms with van der Waals surface area (Å²) in [4.78, 5) is 36.2. The number of benzene rings is 3. The van der Waals surface area contributed by atoms with Crippen molar-refractivity contribution in [2.45, 2.75) is 6.92 Å². The molecule has 3 N–H and O–H groups in total. The van der Waals surface area contributed by atoms with Gasteiger partial charge in [-0.1, -0.05) is 35.9 Å². The van der Waals surface area contributed by atoms with Crippen molar-refractivity contribution in [3.63, 3.8) is 0 Å². The molecule has 0 fully saturated rings. The van der Waals surface area contributed by atoms with E-state index in [1.807, 2.05) is 0 Å². The predicted octanol–water partition coefficient (Wildman–Crippen LogP) is 4.85. The van der Waals surface area contributed by atoms with E-state index in [1.54, 1.807) is 72.8 Å². The monoisotopic (exact) mass is 421 g/mol. The summed E-state index contributed by atoms with van der Waals surface area (Å²) in [7, 11) is 0. The molecule has 0 spiro atoms. The van der Waals surface area contributed by atoms with Gasteiger partial charge >= 0.3 is 0 Å². The molecule has 30 heavy (non-hydrogen) atoms. The van der Waals surface area contributed by atoms with Gasteiger partial charge in [0.1, 0.15) is 0 Å². The quantitative estimate of drug-likeness (QED) is 0.476. The lowest BCUT2D eigenvalue weighted by Crippen LogP contribution is -2.22. The molecule has 7 heteroatoms. The van der Waals surface area contributed by atoms with Crippen LogP contribution in [0.1, 0.15) is 27.6 Å². The van der Waals surface area contributed by atoms with Crippen LogP contribution in [0.15, 0.2) is 72.8 Å². The second-order valence-corrected chi connectivity index (χ2v) is 6.98. The average molecular weight is 422 g/mol. The highest BCUT2D eigenvalue weighted by Gasteiger charge is 2.10. The van der Waals surface area contributed by atoms with Gasteiger partial charge in [0.2, 0.25) is 5.91 Å². The van der Waals surface area contributed by atoms with Crippen LogP contribution in [-0.4, -0.2) is 24.1 Å². The molecule has 2 amide bonds. The Kier molecular flexibility index (Phi) is 6.83. The number of carbonyl (C=O) groups is 3. The van der Waals surface area contributed by atoms with Crippen molar-refractivity contribution in [1.82, 2.24) is 0 Å². The van der Waals surface area contributed by atoms with Crippen molar-refractivity contribution in [3.8, 4) is 0 Å². The first kappa shape index (κ1) is 21.1. The Hall–Kier alpha value is -3.64. The third kappa shape index (κ3) is 5.68. The minimum atomic E-state index is -0.286. The Morgan fingerprint density at radius 3 is 2.20 bits per heavy atom. The van der Waals surface area contributed by atoms with Gasteiger partial charge in [-0.25, -0.2) is 0 Å². The Bertz CT molecular complexity index is 1080. The van der Waals surface area contributed by atoms with Gasteiger partial charge in [-0.3, -0.25) is 14.4 Å². The van der Waals surface area contributed by atoms with E-state index in [4.69, 9.17) is 11.6 Å². The fourth-order valence-electron chi connectivity index (χ4n) is 2.74. The minimum absolute atomic E-state index is 0.0157. The first-order valence-electron chi connectivity index (χ1n) is 9.23. The molecule has 0 aromatic heterocycles. The molecule has 0 aliphatic carbocycles. The summed E-state index contributed by atoms with van der Waals surface area (Å²) < 4.78 is 0. The summed E-state index contributed by atoms with van der Waals surface area (Å²) in [5.41, 5.74) is 2.68. The fraction of sp³-hybridized carbons (Fsp3) is 0.0870. The normalized spacial score (nSPS) is 10.2. The van der Waals surface area contributed by atoms with Crippen molar-refractivity contribution in [3.05, 3.63) is 88.9 Å². The van der Waals surface area contributed by atoms with E-state index >= 15 is 0 Å². The lowest BCUT2D eigenvalue weighted by Gasteiger charge is -2.13. The molecule has 152 valence electrons. The van der Waals surface area contributed by atoms with E-state index < -0.39 is 0 Å². The second-order valence-electron chi connectivity index (χ2n) is 6.55. The van der Waals surface area contributed by atoms with E-state index in [2.05, 4.69) is 16.0 Å². The van der Waals surface area contributed by atoms with E-state index in [0.717, 1.165) is 0 Å². The topological polar surface area (TPSA) is 87.3 Å². The van der Waals surface area contributed by atoms with Gasteiger partial charge in [-0.15, -0.1) is 0 Å². The number of anilines is 3. The molecule has 0 bridgehead atoms. The molecular weight excluding hydrogens is 402 g/mol. The average Bonchev–Trinajstić information content (AvgIpc) is 2.73. The summed E-state index contributed by atoms with van der Waals surface area (Å²) in [5, 5.41) is 9.14. The molecule has 3 aromatic carbocycles. The van der Waals surface area contributed by atoms with Gasteiger partial charge in [-0.05, 0) is 55.5 Å². The zero-order chi connectivity index (χ0) is 21.5. The number of carbonyl (C=O) groups excluding carboxylic acids is 3. The molecule has 0 radical (unpaired) electrons. The highest BCUT2D eigenvalue weighted by Crippen LogP contribution is 2.22. The molecule has 0 saturated heterocycles. The molecule has 3 aromatic rings. The van der Waals surface area contributed by atoms with Crippen LogP contribution < -0.4 is 16.0 Å². The Morgan fingerprint density at radius 2 is 1.50 bits per heavy atom. The molecule has 6 nitrogen and oxygen atoms in total. The van der Waals surface area contributed by atoms with Gasteiger partial charge in [0.05, 0.1) is 17.9 Å². The Morgan fingerprint density at radius 1 is 0.800 bits per heavy atom. The van der Waals surface area contributed by atoms with E-state index in [9.17, 15) is 14.4 Å². The van der Waals surface area contributed by atoms with Crippen LogP contribution in [0.4, 0.5) is 17.1 Å². The molecular formula is C23H20ClN3O3. The van der Waals surface area contributed by atoms with Gasteiger partial charge in [0.25, 0.3) is 5.91 Å². The van der Waals surface area contributed by atoms with Gasteiger partial charge in [0.15, 0.2) is 5.78 Å². The molecule has 0 unspecified atom stereocenters. The van der Waals surface area contributed by atoms with Gasteiger partial charge in [-0.2, -0.15) is 0 Å². The predicted molar refractivity (Wildman–Crippen MR) is 119 cm³/mol. The number of Topliss-reactive ketones (excluding diaryl/α,β-unsaturated/α-hetero) is 1. The number of hydrogen-bond acceptors (Lipinski definition) is 4. The maximum Gasteiger partial charge on any atom is 0.255 e. The summed E-state index contributed by atoms with van der Waals surface area (Å²) >= 11 is 5.86. The molecule has 0 heterocycles. The second kappa shape index (κ2) is 9.71. The summed E-state index contributed by atoms with van der Waals surface area (Å²) in [6.45, 7) is 1.45. The Balaban J connectivity index is 1.62. The van der Waals surface area contributed by atoms with Crippen LogP contribution in [0.25, 0.3) is 0 Å².